The van der Waals surface area contributed by atoms with Crippen molar-refractivity contribution >= 4 is 58.5 Å². The molecule has 7 nitrogen and oxygen atoms in total. The zero-order valence-electron chi connectivity index (χ0n) is 19.5. The van der Waals surface area contributed by atoms with Gasteiger partial charge in [-0.05, 0) is 93.0 Å². The average molecular weight is 508 g/mol. The molecule has 0 bridgehead atoms. The van der Waals surface area contributed by atoms with Gasteiger partial charge in [-0.2, -0.15) is 0 Å². The quantitative estimate of drug-likeness (QED) is 0.298. The minimum absolute atomic E-state index is 0.0194. The molecule has 1 aromatic heterocycles. The van der Waals surface area contributed by atoms with Crippen LogP contribution in [0.25, 0.3) is 11.8 Å². The molecule has 0 spiro atoms. The average Bonchev–Trinajstić information content (AvgIpc) is 3.06. The van der Waals surface area contributed by atoms with E-state index in [-0.39, 0.29) is 16.2 Å². The second kappa shape index (κ2) is 9.13. The number of rotatable bonds is 4. The molecule has 1 aliphatic rings. The first-order valence-corrected chi connectivity index (χ1v) is 11.5. The lowest BCUT2D eigenvalue weighted by Crippen LogP contribution is -2.54. The van der Waals surface area contributed by atoms with Crippen molar-refractivity contribution in [2.45, 2.75) is 27.7 Å². The fraction of sp³-hybridized carbons (Fsp3) is 0.154. The number of carbonyl (C=O) groups excluding carboxylic acids is 2. The monoisotopic (exact) mass is 507 g/mol. The lowest BCUT2D eigenvalue weighted by atomic mass is 10.1. The molecule has 3 aromatic rings. The van der Waals surface area contributed by atoms with Gasteiger partial charge in [0.25, 0.3) is 11.8 Å². The molecule has 35 heavy (non-hydrogen) atoms. The summed E-state index contributed by atoms with van der Waals surface area (Å²) in [6.45, 7) is 7.25. The van der Waals surface area contributed by atoms with Gasteiger partial charge in [-0.15, -0.1) is 0 Å². The molecule has 2 N–H and O–H groups in total. The van der Waals surface area contributed by atoms with Crippen LogP contribution in [-0.2, 0) is 9.59 Å². The molecular weight excluding hydrogens is 486 g/mol. The van der Waals surface area contributed by atoms with Crippen LogP contribution < -0.4 is 10.2 Å². The molecule has 1 aliphatic heterocycles. The van der Waals surface area contributed by atoms with E-state index in [1.165, 1.54) is 11.0 Å². The summed E-state index contributed by atoms with van der Waals surface area (Å²) in [5, 5.41) is 12.6. The summed E-state index contributed by atoms with van der Waals surface area (Å²) in [7, 11) is 0. The maximum absolute atomic E-state index is 13.5. The minimum atomic E-state index is -1.01. The molecule has 0 unspecified atom stereocenters. The Hall–Kier alpha value is -3.75. The molecule has 0 saturated carbocycles. The Morgan fingerprint density at radius 1 is 1.03 bits per heavy atom. The number of aryl methyl sites for hydroxylation is 1. The van der Waals surface area contributed by atoms with Crippen molar-refractivity contribution in [3.63, 3.8) is 0 Å². The van der Waals surface area contributed by atoms with Crippen LogP contribution in [0, 0.1) is 27.7 Å². The highest BCUT2D eigenvalue weighted by Crippen LogP contribution is 2.31. The summed E-state index contributed by atoms with van der Waals surface area (Å²) in [6.07, 6.45) is 1.53. The van der Waals surface area contributed by atoms with Crippen molar-refractivity contribution in [2.24, 2.45) is 0 Å². The van der Waals surface area contributed by atoms with Gasteiger partial charge in [0.05, 0.1) is 11.3 Å². The Balaban J connectivity index is 1.82. The third kappa shape index (κ3) is 4.15. The van der Waals surface area contributed by atoms with Gasteiger partial charge in [0.15, 0.2) is 5.11 Å². The summed E-state index contributed by atoms with van der Waals surface area (Å²) < 4.78 is 1.91. The molecule has 4 rings (SSSR count). The smallest absolute Gasteiger partial charge is 0.336 e. The molecule has 2 amide bonds. The molecule has 9 heteroatoms. The first kappa shape index (κ1) is 24.4. The first-order valence-electron chi connectivity index (χ1n) is 10.7. The third-order valence-electron chi connectivity index (χ3n) is 6.13. The molecule has 0 atom stereocenters. The van der Waals surface area contributed by atoms with E-state index in [4.69, 9.17) is 23.8 Å². The van der Waals surface area contributed by atoms with Gasteiger partial charge >= 0.3 is 5.97 Å². The predicted octanol–water partition coefficient (Wildman–Crippen LogP) is 4.89. The number of amides is 2. The Morgan fingerprint density at radius 3 is 2.37 bits per heavy atom. The minimum Gasteiger partial charge on any atom is -0.478 e. The number of nitrogens with zero attached hydrogens (tertiary/aromatic N) is 2. The highest BCUT2D eigenvalue weighted by molar-refractivity contribution is 7.80. The van der Waals surface area contributed by atoms with E-state index in [1.54, 1.807) is 44.2 Å². The Bertz CT molecular complexity index is 1470. The number of carboxylic acid groups (broad SMARTS) is 1. The number of carboxylic acids is 1. The predicted molar refractivity (Wildman–Crippen MR) is 139 cm³/mol. The van der Waals surface area contributed by atoms with Crippen LogP contribution in [0.3, 0.4) is 0 Å². The molecule has 2 heterocycles. The summed E-state index contributed by atoms with van der Waals surface area (Å²) >= 11 is 11.5. The van der Waals surface area contributed by atoms with Gasteiger partial charge in [0.2, 0.25) is 0 Å². The number of hydrogen-bond acceptors (Lipinski definition) is 4. The van der Waals surface area contributed by atoms with Crippen LogP contribution in [0.1, 0.15) is 38.4 Å². The number of aromatic carboxylic acids is 1. The van der Waals surface area contributed by atoms with Crippen molar-refractivity contribution in [2.75, 3.05) is 4.90 Å². The zero-order valence-corrected chi connectivity index (χ0v) is 21.0. The number of halogens is 1. The molecule has 178 valence electrons. The summed E-state index contributed by atoms with van der Waals surface area (Å²) in [6, 6.07) is 12.1. The summed E-state index contributed by atoms with van der Waals surface area (Å²) in [5.74, 6) is -2.16. The van der Waals surface area contributed by atoms with Gasteiger partial charge in [-0.3, -0.25) is 19.8 Å². The number of aromatic nitrogens is 1. The van der Waals surface area contributed by atoms with E-state index >= 15 is 0 Å². The van der Waals surface area contributed by atoms with Gasteiger partial charge in [0.1, 0.15) is 5.57 Å². The highest BCUT2D eigenvalue weighted by atomic mass is 35.5. The van der Waals surface area contributed by atoms with Crippen molar-refractivity contribution in [1.29, 1.82) is 0 Å². The summed E-state index contributed by atoms with van der Waals surface area (Å²) in [5.41, 5.74) is 4.82. The standard InChI is InChI=1S/C26H22ClN3O4S/c1-13-11-17(16(4)29(13)21-9-5-7-18(14(21)2)25(33)34)12-19-23(31)28-26(35)30(24(19)32)22-10-6-8-20(27)15(22)3/h5-12H,1-4H3,(H,33,34)(H,28,31,35). The second-order valence-corrected chi connectivity index (χ2v) is 9.05. The van der Waals surface area contributed by atoms with Crippen LogP contribution >= 0.6 is 23.8 Å². The van der Waals surface area contributed by atoms with Crippen molar-refractivity contribution < 1.29 is 19.5 Å². The van der Waals surface area contributed by atoms with Crippen LogP contribution in [0.5, 0.6) is 0 Å². The van der Waals surface area contributed by atoms with Gasteiger partial charge in [0, 0.05) is 22.1 Å². The lowest BCUT2D eigenvalue weighted by molar-refractivity contribution is -0.122. The molecule has 0 aliphatic carbocycles. The number of hydrogen-bond donors (Lipinski definition) is 2. The number of anilines is 1. The van der Waals surface area contributed by atoms with E-state index < -0.39 is 17.8 Å². The highest BCUT2D eigenvalue weighted by Gasteiger charge is 2.35. The Labute approximate surface area is 212 Å². The first-order chi connectivity index (χ1) is 16.5. The van der Waals surface area contributed by atoms with Crippen LogP contribution in [-0.4, -0.2) is 32.6 Å². The molecule has 1 fully saturated rings. The van der Waals surface area contributed by atoms with Crippen molar-refractivity contribution in [3.05, 3.63) is 86.7 Å². The van der Waals surface area contributed by atoms with E-state index in [1.807, 2.05) is 30.5 Å². The third-order valence-corrected chi connectivity index (χ3v) is 6.82. The van der Waals surface area contributed by atoms with Crippen LogP contribution in [0.4, 0.5) is 5.69 Å². The van der Waals surface area contributed by atoms with Crippen LogP contribution in [0.2, 0.25) is 5.02 Å². The lowest BCUT2D eigenvalue weighted by Gasteiger charge is -2.30. The van der Waals surface area contributed by atoms with E-state index in [2.05, 4.69) is 5.32 Å². The van der Waals surface area contributed by atoms with Gasteiger partial charge in [-0.1, -0.05) is 23.7 Å². The maximum Gasteiger partial charge on any atom is 0.336 e. The SMILES string of the molecule is Cc1c(Cl)cccc1N1C(=O)C(=Cc2cc(C)n(-c3cccc(C(=O)O)c3C)c2C)C(=O)NC1=S. The fourth-order valence-corrected chi connectivity index (χ4v) is 4.72. The van der Waals surface area contributed by atoms with Crippen molar-refractivity contribution in [3.8, 4) is 5.69 Å². The number of nitrogens with one attached hydrogen (secondary N) is 1. The van der Waals surface area contributed by atoms with E-state index in [9.17, 15) is 19.5 Å². The number of thiocarbonyl (C=S) groups is 1. The van der Waals surface area contributed by atoms with E-state index in [0.717, 1.165) is 11.4 Å². The summed E-state index contributed by atoms with van der Waals surface area (Å²) in [4.78, 5) is 39.1. The van der Waals surface area contributed by atoms with Crippen molar-refractivity contribution in [1.82, 2.24) is 9.88 Å². The fourth-order valence-electron chi connectivity index (χ4n) is 4.27. The largest absolute Gasteiger partial charge is 0.478 e. The number of carbonyl (C=O) groups is 3. The molecule has 0 radical (unpaired) electrons. The van der Waals surface area contributed by atoms with Gasteiger partial charge < -0.3 is 9.67 Å². The maximum atomic E-state index is 13.5. The topological polar surface area (TPSA) is 91.6 Å². The van der Waals surface area contributed by atoms with E-state index in [0.29, 0.717) is 33.1 Å². The van der Waals surface area contributed by atoms with Crippen LogP contribution in [0.15, 0.2) is 48.0 Å². The number of benzene rings is 2. The second-order valence-electron chi connectivity index (χ2n) is 8.26. The molecule has 1 saturated heterocycles. The Morgan fingerprint density at radius 2 is 1.69 bits per heavy atom. The normalized spacial score (nSPS) is 15.1. The Kier molecular flexibility index (Phi) is 6.36. The molecular formula is C26H22ClN3O4S. The van der Waals surface area contributed by atoms with Gasteiger partial charge in [-0.25, -0.2) is 4.79 Å². The zero-order chi connectivity index (χ0) is 25.6. The molecule has 2 aromatic carbocycles.